The van der Waals surface area contributed by atoms with Crippen LogP contribution in [0.2, 0.25) is 0 Å². The van der Waals surface area contributed by atoms with Crippen LogP contribution in [0.3, 0.4) is 0 Å². The Bertz CT molecular complexity index is 1530. The summed E-state index contributed by atoms with van der Waals surface area (Å²) in [7, 11) is 1.37. The number of fused-ring (bicyclic) bond motifs is 4. The molecule has 0 spiro atoms. The van der Waals surface area contributed by atoms with Gasteiger partial charge in [-0.3, -0.25) is 19.3 Å². The molecular weight excluding hydrogens is 552 g/mol. The molecule has 0 saturated carbocycles. The number of thiophene rings is 1. The number of thioether (sulfide) groups is 1. The first-order chi connectivity index (χ1) is 18.9. The molecule has 0 N–H and O–H groups in total. The zero-order chi connectivity index (χ0) is 27.3. The first-order valence-corrected chi connectivity index (χ1v) is 13.9. The fourth-order valence-electron chi connectivity index (χ4n) is 5.06. The van der Waals surface area contributed by atoms with Crippen LogP contribution in [0.5, 0.6) is 5.75 Å². The summed E-state index contributed by atoms with van der Waals surface area (Å²) in [5, 5.41) is 3.83. The number of carbonyl (C=O) groups is 1. The van der Waals surface area contributed by atoms with Crippen LogP contribution in [0.1, 0.15) is 32.5 Å². The molecule has 2 aromatic heterocycles. The highest BCUT2D eigenvalue weighted by Gasteiger charge is 2.46. The number of benzene rings is 1. The molecule has 13 heteroatoms. The van der Waals surface area contributed by atoms with E-state index in [1.165, 1.54) is 42.5 Å². The SMILES string of the molecule is C=C(OC)OCOc1c2n(ccc1=O)N([C@@H]1c3ccc(F)c(F)c3CSc3ccsc31)[C@@H]1COCCN1C2=O. The lowest BCUT2D eigenvalue weighted by molar-refractivity contribution is -0.0237. The molecule has 1 aromatic carbocycles. The number of ether oxygens (including phenoxy) is 4. The smallest absolute Gasteiger partial charge is 0.278 e. The molecule has 204 valence electrons. The van der Waals surface area contributed by atoms with E-state index in [0.717, 1.165) is 15.8 Å². The van der Waals surface area contributed by atoms with Gasteiger partial charge in [0.15, 0.2) is 17.3 Å². The molecule has 1 fully saturated rings. The van der Waals surface area contributed by atoms with Crippen LogP contribution in [-0.2, 0) is 20.0 Å². The van der Waals surface area contributed by atoms with Crippen LogP contribution in [0.4, 0.5) is 8.78 Å². The van der Waals surface area contributed by atoms with Crippen molar-refractivity contribution in [2.24, 2.45) is 0 Å². The van der Waals surface area contributed by atoms with E-state index in [-0.39, 0.29) is 41.9 Å². The second-order valence-corrected chi connectivity index (χ2v) is 10.9. The Balaban J connectivity index is 1.56. The van der Waals surface area contributed by atoms with Gasteiger partial charge in [-0.15, -0.1) is 23.1 Å². The van der Waals surface area contributed by atoms with Crippen LogP contribution in [0, 0.1) is 11.6 Å². The molecule has 3 aliphatic heterocycles. The fourth-order valence-corrected chi connectivity index (χ4v) is 7.38. The number of halogens is 2. The molecule has 1 saturated heterocycles. The van der Waals surface area contributed by atoms with E-state index in [1.54, 1.807) is 15.6 Å². The van der Waals surface area contributed by atoms with E-state index in [2.05, 4.69) is 6.58 Å². The Kier molecular flexibility index (Phi) is 6.73. The highest BCUT2D eigenvalue weighted by molar-refractivity contribution is 7.98. The Morgan fingerprint density at radius 1 is 1.23 bits per heavy atom. The molecule has 0 bridgehead atoms. The lowest BCUT2D eigenvalue weighted by Gasteiger charge is -2.51. The van der Waals surface area contributed by atoms with Gasteiger partial charge in [0.05, 0.1) is 20.3 Å². The molecule has 3 aliphatic rings. The Hall–Kier alpha value is -3.55. The number of rotatable bonds is 6. The molecule has 0 radical (unpaired) electrons. The first kappa shape index (κ1) is 25.7. The fraction of sp³-hybridized carbons (Fsp3) is 0.308. The monoisotopic (exact) mass is 575 g/mol. The minimum Gasteiger partial charge on any atom is -0.469 e. The third-order valence-corrected chi connectivity index (χ3v) is 9.07. The van der Waals surface area contributed by atoms with Crippen molar-refractivity contribution in [2.45, 2.75) is 22.9 Å². The van der Waals surface area contributed by atoms with Crippen LogP contribution in [0.25, 0.3) is 0 Å². The van der Waals surface area contributed by atoms with Gasteiger partial charge in [0.2, 0.25) is 18.0 Å². The molecule has 2 atom stereocenters. The second-order valence-electron chi connectivity index (χ2n) is 8.89. The van der Waals surface area contributed by atoms with Crippen molar-refractivity contribution in [2.75, 3.05) is 38.7 Å². The zero-order valence-corrected chi connectivity index (χ0v) is 22.4. The van der Waals surface area contributed by atoms with Crippen LogP contribution in [0.15, 0.2) is 58.1 Å². The molecule has 6 rings (SSSR count). The Morgan fingerprint density at radius 3 is 2.90 bits per heavy atom. The highest BCUT2D eigenvalue weighted by Crippen LogP contribution is 2.47. The van der Waals surface area contributed by atoms with Crippen molar-refractivity contribution in [3.8, 4) is 5.75 Å². The maximum Gasteiger partial charge on any atom is 0.278 e. The maximum absolute atomic E-state index is 15.2. The highest BCUT2D eigenvalue weighted by atomic mass is 32.2. The third-order valence-electron chi connectivity index (χ3n) is 6.88. The van der Waals surface area contributed by atoms with E-state index in [1.807, 2.05) is 16.5 Å². The standard InChI is InChI=1S/C26H23F2N3O6S2/c1-14(34-2)36-13-37-24-18(32)5-7-30-23(24)26(33)29-8-9-35-11-20(29)31(30)22-15-3-4-17(27)21(28)16(15)12-39-19-6-10-38-25(19)22/h3-7,10,20,22H,1,8-9,11-13H2,2H3/t20-,22-/m1/s1. The van der Waals surface area contributed by atoms with Crippen molar-refractivity contribution in [1.29, 1.82) is 0 Å². The minimum absolute atomic E-state index is 0.00795. The van der Waals surface area contributed by atoms with E-state index in [9.17, 15) is 14.0 Å². The summed E-state index contributed by atoms with van der Waals surface area (Å²) in [6.45, 7) is 3.89. The van der Waals surface area contributed by atoms with E-state index >= 15 is 4.39 Å². The molecule has 9 nitrogen and oxygen atoms in total. The number of hydrogen-bond acceptors (Lipinski definition) is 9. The Morgan fingerprint density at radius 2 is 2.08 bits per heavy atom. The van der Waals surface area contributed by atoms with Gasteiger partial charge in [0.25, 0.3) is 11.9 Å². The summed E-state index contributed by atoms with van der Waals surface area (Å²) < 4.78 is 52.7. The van der Waals surface area contributed by atoms with Crippen LogP contribution in [-0.4, -0.2) is 55.3 Å². The summed E-state index contributed by atoms with van der Waals surface area (Å²) in [6, 6.07) is 5.32. The normalized spacial score (nSPS) is 19.8. The number of pyridine rings is 1. The lowest BCUT2D eigenvalue weighted by Crippen LogP contribution is -2.66. The summed E-state index contributed by atoms with van der Waals surface area (Å²) in [5.41, 5.74) is 0.287. The molecule has 0 unspecified atom stereocenters. The minimum atomic E-state index is -0.924. The topological polar surface area (TPSA) is 82.5 Å². The summed E-state index contributed by atoms with van der Waals surface area (Å²) in [4.78, 5) is 30.2. The maximum atomic E-state index is 15.2. The number of morpholine rings is 1. The molecule has 0 aliphatic carbocycles. The first-order valence-electron chi connectivity index (χ1n) is 12.0. The second kappa shape index (κ2) is 10.2. The molecular formula is C26H23F2N3O6S2. The van der Waals surface area contributed by atoms with Crippen molar-refractivity contribution in [1.82, 2.24) is 9.58 Å². The average Bonchev–Trinajstić information content (AvgIpc) is 3.35. The molecule has 3 aromatic rings. The molecule has 39 heavy (non-hydrogen) atoms. The van der Waals surface area contributed by atoms with E-state index in [4.69, 9.17) is 18.9 Å². The van der Waals surface area contributed by atoms with Gasteiger partial charge >= 0.3 is 0 Å². The van der Waals surface area contributed by atoms with Gasteiger partial charge in [-0.25, -0.2) is 8.78 Å². The van der Waals surface area contributed by atoms with Gasteiger partial charge in [0.1, 0.15) is 12.2 Å². The van der Waals surface area contributed by atoms with Gasteiger partial charge in [-0.2, -0.15) is 0 Å². The van der Waals surface area contributed by atoms with E-state index < -0.39 is 42.0 Å². The summed E-state index contributed by atoms with van der Waals surface area (Å²) in [6.07, 6.45) is 0.899. The van der Waals surface area contributed by atoms with Gasteiger partial charge < -0.3 is 23.8 Å². The van der Waals surface area contributed by atoms with Gasteiger partial charge in [-0.1, -0.05) is 6.07 Å². The number of nitrogens with zero attached hydrogens (tertiary/aromatic N) is 3. The number of hydrogen-bond donors (Lipinski definition) is 0. The molecule has 5 heterocycles. The predicted molar refractivity (Wildman–Crippen MR) is 139 cm³/mol. The Labute approximate surface area is 230 Å². The van der Waals surface area contributed by atoms with Gasteiger partial charge in [0, 0.05) is 39.9 Å². The molecule has 1 amide bonds. The van der Waals surface area contributed by atoms with Crippen LogP contribution >= 0.6 is 23.1 Å². The summed E-state index contributed by atoms with van der Waals surface area (Å²) in [5.74, 6) is -2.23. The van der Waals surface area contributed by atoms with Crippen molar-refractivity contribution in [3.05, 3.63) is 91.9 Å². The van der Waals surface area contributed by atoms with Gasteiger partial charge in [-0.05, 0) is 29.7 Å². The zero-order valence-electron chi connectivity index (χ0n) is 20.7. The van der Waals surface area contributed by atoms with Crippen LogP contribution < -0.4 is 15.2 Å². The van der Waals surface area contributed by atoms with Crippen molar-refractivity contribution >= 4 is 29.0 Å². The third kappa shape index (κ3) is 4.24. The quantitative estimate of drug-likeness (QED) is 0.324. The number of methoxy groups -OCH3 is 1. The number of aromatic nitrogens is 1. The number of amides is 1. The largest absolute Gasteiger partial charge is 0.469 e. The van der Waals surface area contributed by atoms with Crippen molar-refractivity contribution in [3.63, 3.8) is 0 Å². The van der Waals surface area contributed by atoms with E-state index in [0.29, 0.717) is 12.2 Å². The predicted octanol–water partition coefficient (Wildman–Crippen LogP) is 3.80. The average molecular weight is 576 g/mol. The summed E-state index contributed by atoms with van der Waals surface area (Å²) >= 11 is 2.91. The lowest BCUT2D eigenvalue weighted by atomic mass is 9.97. The number of carbonyl (C=O) groups excluding carboxylic acids is 1. The van der Waals surface area contributed by atoms with Crippen molar-refractivity contribution < 1.29 is 32.5 Å².